The quantitative estimate of drug-likeness (QED) is 0.773. The van der Waals surface area contributed by atoms with Crippen LogP contribution in [-0.2, 0) is 15.7 Å². The molecule has 0 bridgehead atoms. The molecule has 2 saturated heterocycles. The molecule has 2 aliphatic rings. The number of amides is 1. The van der Waals surface area contributed by atoms with Crippen molar-refractivity contribution in [2.75, 3.05) is 26.3 Å². The van der Waals surface area contributed by atoms with Crippen LogP contribution in [0.2, 0.25) is 0 Å². The Morgan fingerprint density at radius 3 is 2.66 bits per heavy atom. The minimum absolute atomic E-state index is 0.00177. The Kier molecular flexibility index (Phi) is 5.53. The standard InChI is InChI=1S/C19H21F3N4O3/c20-19(21,22)18-24-16(25-29-18)15-5-1-4-14(23-15)13-3-2-8-26(11-13)17(27)12-6-9-28-10-7-12/h1,4-5,12-13H,2-3,6-11H2/t13-/m0/s1. The Balaban J connectivity index is 1.49. The molecule has 29 heavy (non-hydrogen) atoms. The fraction of sp³-hybridized carbons (Fsp3) is 0.579. The number of carbonyl (C=O) groups is 1. The molecule has 4 rings (SSSR count). The lowest BCUT2D eigenvalue weighted by Gasteiger charge is -2.35. The van der Waals surface area contributed by atoms with Crippen LogP contribution in [0.5, 0.6) is 0 Å². The summed E-state index contributed by atoms with van der Waals surface area (Å²) in [4.78, 5) is 22.6. The highest BCUT2D eigenvalue weighted by Gasteiger charge is 2.38. The van der Waals surface area contributed by atoms with E-state index < -0.39 is 12.1 Å². The van der Waals surface area contributed by atoms with Crippen molar-refractivity contribution in [3.63, 3.8) is 0 Å². The molecular formula is C19H21F3N4O3. The number of rotatable bonds is 3. The van der Waals surface area contributed by atoms with E-state index in [0.717, 1.165) is 25.7 Å². The minimum Gasteiger partial charge on any atom is -0.381 e. The number of piperidine rings is 1. The molecule has 2 aromatic rings. The summed E-state index contributed by atoms with van der Waals surface area (Å²) < 4.78 is 47.7. The second-order valence-corrected chi connectivity index (χ2v) is 7.38. The van der Waals surface area contributed by atoms with E-state index in [1.165, 1.54) is 0 Å². The van der Waals surface area contributed by atoms with Crippen LogP contribution in [0.25, 0.3) is 11.5 Å². The van der Waals surface area contributed by atoms with Gasteiger partial charge in [0.1, 0.15) is 5.69 Å². The highest BCUT2D eigenvalue weighted by Crippen LogP contribution is 2.31. The van der Waals surface area contributed by atoms with Crippen LogP contribution in [0, 0.1) is 5.92 Å². The summed E-state index contributed by atoms with van der Waals surface area (Å²) in [6.07, 6.45) is -1.50. The first-order chi connectivity index (χ1) is 13.9. The molecular weight excluding hydrogens is 389 g/mol. The highest BCUT2D eigenvalue weighted by molar-refractivity contribution is 5.79. The number of halogens is 3. The van der Waals surface area contributed by atoms with Gasteiger partial charge in [-0.2, -0.15) is 18.2 Å². The maximum atomic E-state index is 12.8. The first kappa shape index (κ1) is 19.8. The van der Waals surface area contributed by atoms with Gasteiger partial charge in [-0.3, -0.25) is 4.79 Å². The summed E-state index contributed by atoms with van der Waals surface area (Å²) >= 11 is 0. The summed E-state index contributed by atoms with van der Waals surface area (Å²) in [7, 11) is 0. The fourth-order valence-electron chi connectivity index (χ4n) is 3.87. The first-order valence-corrected chi connectivity index (χ1v) is 9.66. The minimum atomic E-state index is -4.70. The lowest BCUT2D eigenvalue weighted by atomic mass is 9.91. The van der Waals surface area contributed by atoms with Gasteiger partial charge < -0.3 is 14.2 Å². The molecule has 0 unspecified atom stereocenters. The third kappa shape index (κ3) is 4.42. The zero-order chi connectivity index (χ0) is 20.4. The van der Waals surface area contributed by atoms with Gasteiger partial charge >= 0.3 is 12.1 Å². The van der Waals surface area contributed by atoms with E-state index in [0.29, 0.717) is 32.0 Å². The SMILES string of the molecule is O=C(C1CCOCC1)N1CCC[C@H](c2cccc(-c3noc(C(F)(F)F)n3)n2)C1. The summed E-state index contributed by atoms with van der Waals surface area (Å²) in [6.45, 7) is 2.49. The maximum absolute atomic E-state index is 12.8. The molecule has 2 fully saturated rings. The van der Waals surface area contributed by atoms with Crippen molar-refractivity contribution < 1.29 is 27.2 Å². The monoisotopic (exact) mass is 410 g/mol. The van der Waals surface area contributed by atoms with Crippen LogP contribution in [0.3, 0.4) is 0 Å². The molecule has 0 aliphatic carbocycles. The molecule has 0 saturated carbocycles. The largest absolute Gasteiger partial charge is 0.471 e. The third-order valence-electron chi connectivity index (χ3n) is 5.39. The van der Waals surface area contributed by atoms with Crippen molar-refractivity contribution >= 4 is 5.91 Å². The zero-order valence-corrected chi connectivity index (χ0v) is 15.7. The Bertz CT molecular complexity index is 864. The van der Waals surface area contributed by atoms with Gasteiger partial charge in [0.05, 0.1) is 0 Å². The van der Waals surface area contributed by atoms with Gasteiger partial charge in [-0.05, 0) is 37.8 Å². The van der Waals surface area contributed by atoms with Crippen LogP contribution in [0.4, 0.5) is 13.2 Å². The van der Waals surface area contributed by atoms with E-state index in [-0.39, 0.29) is 29.3 Å². The van der Waals surface area contributed by atoms with E-state index in [1.54, 1.807) is 12.1 Å². The van der Waals surface area contributed by atoms with Crippen molar-refractivity contribution in [3.05, 3.63) is 29.8 Å². The predicted molar refractivity (Wildman–Crippen MR) is 94.6 cm³/mol. The summed E-state index contributed by atoms with van der Waals surface area (Å²) in [5, 5.41) is 3.40. The number of nitrogens with zero attached hydrogens (tertiary/aromatic N) is 4. The van der Waals surface area contributed by atoms with Gasteiger partial charge in [-0.15, -0.1) is 0 Å². The molecule has 0 spiro atoms. The number of hydrogen-bond donors (Lipinski definition) is 0. The van der Waals surface area contributed by atoms with Crippen molar-refractivity contribution in [2.24, 2.45) is 5.92 Å². The van der Waals surface area contributed by atoms with Crippen LogP contribution in [0.1, 0.15) is 43.2 Å². The molecule has 10 heteroatoms. The van der Waals surface area contributed by atoms with E-state index in [1.807, 2.05) is 11.0 Å². The number of alkyl halides is 3. The van der Waals surface area contributed by atoms with Crippen molar-refractivity contribution in [3.8, 4) is 11.5 Å². The smallest absolute Gasteiger partial charge is 0.381 e. The normalized spacial score (nSPS) is 21.3. The summed E-state index contributed by atoms with van der Waals surface area (Å²) in [5.41, 5.74) is 0.931. The van der Waals surface area contributed by atoms with Crippen LogP contribution in [-0.4, -0.2) is 52.2 Å². The predicted octanol–water partition coefficient (Wildman–Crippen LogP) is 3.28. The number of likely N-dealkylation sites (tertiary alicyclic amines) is 1. The Morgan fingerprint density at radius 2 is 1.93 bits per heavy atom. The van der Waals surface area contributed by atoms with Crippen LogP contribution < -0.4 is 0 Å². The van der Waals surface area contributed by atoms with Gasteiger partial charge in [0.25, 0.3) is 0 Å². The second kappa shape index (κ2) is 8.10. The van der Waals surface area contributed by atoms with E-state index in [4.69, 9.17) is 4.74 Å². The number of hydrogen-bond acceptors (Lipinski definition) is 6. The molecule has 156 valence electrons. The molecule has 0 aromatic carbocycles. The van der Waals surface area contributed by atoms with Gasteiger partial charge in [0.2, 0.25) is 11.7 Å². The topological polar surface area (TPSA) is 81.4 Å². The second-order valence-electron chi connectivity index (χ2n) is 7.38. The highest BCUT2D eigenvalue weighted by atomic mass is 19.4. The van der Waals surface area contributed by atoms with Crippen molar-refractivity contribution in [2.45, 2.75) is 37.8 Å². The van der Waals surface area contributed by atoms with Crippen LogP contribution in [0.15, 0.2) is 22.7 Å². The molecule has 0 radical (unpaired) electrons. The van der Waals surface area contributed by atoms with Crippen LogP contribution >= 0.6 is 0 Å². The number of aromatic nitrogens is 3. The lowest BCUT2D eigenvalue weighted by molar-refractivity contribution is -0.159. The lowest BCUT2D eigenvalue weighted by Crippen LogP contribution is -2.43. The molecule has 1 atom stereocenters. The van der Waals surface area contributed by atoms with Gasteiger partial charge in [0.15, 0.2) is 0 Å². The molecule has 0 N–H and O–H groups in total. The van der Waals surface area contributed by atoms with Gasteiger partial charge in [0, 0.05) is 43.8 Å². The van der Waals surface area contributed by atoms with Gasteiger partial charge in [-0.25, -0.2) is 4.98 Å². The summed E-state index contributed by atoms with van der Waals surface area (Å²) in [6, 6.07) is 5.07. The number of pyridine rings is 1. The van der Waals surface area contributed by atoms with Gasteiger partial charge in [-0.1, -0.05) is 11.2 Å². The molecule has 7 nitrogen and oxygen atoms in total. The third-order valence-corrected chi connectivity index (χ3v) is 5.39. The molecule has 2 aromatic heterocycles. The van der Waals surface area contributed by atoms with E-state index in [9.17, 15) is 18.0 Å². The Labute approximate surface area is 165 Å². The molecule has 4 heterocycles. The molecule has 2 aliphatic heterocycles. The Morgan fingerprint density at radius 1 is 1.14 bits per heavy atom. The number of ether oxygens (including phenoxy) is 1. The fourth-order valence-corrected chi connectivity index (χ4v) is 3.87. The Hall–Kier alpha value is -2.49. The average Bonchev–Trinajstić information content (AvgIpc) is 3.25. The molecule has 1 amide bonds. The first-order valence-electron chi connectivity index (χ1n) is 9.66. The summed E-state index contributed by atoms with van der Waals surface area (Å²) in [5.74, 6) is -1.43. The van der Waals surface area contributed by atoms with E-state index >= 15 is 0 Å². The number of carbonyl (C=O) groups excluding carboxylic acids is 1. The zero-order valence-electron chi connectivity index (χ0n) is 15.7. The van der Waals surface area contributed by atoms with E-state index in [2.05, 4.69) is 19.6 Å². The van der Waals surface area contributed by atoms with Crippen molar-refractivity contribution in [1.29, 1.82) is 0 Å². The van der Waals surface area contributed by atoms with Crippen molar-refractivity contribution in [1.82, 2.24) is 20.0 Å². The maximum Gasteiger partial charge on any atom is 0.471 e. The average molecular weight is 410 g/mol.